The molecule has 0 spiro atoms. The molecule has 6 nitrogen and oxygen atoms in total. The molecule has 1 saturated carbocycles. The van der Waals surface area contributed by atoms with Crippen molar-refractivity contribution in [2.24, 2.45) is 0 Å². The number of carbonyl (C=O) groups is 3. The molecule has 0 aliphatic heterocycles. The summed E-state index contributed by atoms with van der Waals surface area (Å²) in [6.45, 7) is 5.24. The number of nitrogens with zero attached hydrogens (tertiary/aromatic N) is 1. The highest BCUT2D eigenvalue weighted by atomic mass is 32.2. The van der Waals surface area contributed by atoms with Gasteiger partial charge in [0, 0.05) is 24.2 Å². The Bertz CT molecular complexity index is 1430. The Morgan fingerprint density at radius 3 is 2.38 bits per heavy atom. The van der Waals surface area contributed by atoms with E-state index in [2.05, 4.69) is 24.4 Å². The van der Waals surface area contributed by atoms with Gasteiger partial charge in [-0.2, -0.15) is 11.8 Å². The minimum Gasteiger partial charge on any atom is -0.467 e. The van der Waals surface area contributed by atoms with Gasteiger partial charge in [-0.3, -0.25) is 9.59 Å². The largest absolute Gasteiger partial charge is 0.467 e. The van der Waals surface area contributed by atoms with Crippen molar-refractivity contribution in [1.82, 2.24) is 10.2 Å². The van der Waals surface area contributed by atoms with Gasteiger partial charge in [0.2, 0.25) is 0 Å². The molecule has 0 heterocycles. The lowest BCUT2D eigenvalue weighted by Gasteiger charge is -2.25. The number of hydrogen-bond acceptors (Lipinski definition) is 5. The summed E-state index contributed by atoms with van der Waals surface area (Å²) in [4.78, 5) is 41.9. The van der Waals surface area contributed by atoms with E-state index >= 15 is 0 Å². The second-order valence-corrected chi connectivity index (χ2v) is 13.0. The van der Waals surface area contributed by atoms with Gasteiger partial charge in [-0.25, -0.2) is 4.79 Å². The highest BCUT2D eigenvalue weighted by molar-refractivity contribution is 7.98. The number of nitrogens with one attached hydrogen (secondary N) is 1. The highest BCUT2D eigenvalue weighted by Gasteiger charge is 2.25. The minimum absolute atomic E-state index is 0.0209. The van der Waals surface area contributed by atoms with E-state index in [4.69, 9.17) is 4.74 Å². The SMILES string of the molecule is CCCCN(Cc1ccc(C(=O)N[C@@H](CCSC)C(=O)OC)c(-c2ccccc2C)c1)C(=O)c1ccc(C2CCCCC2)cc1. The number of amides is 2. The van der Waals surface area contributed by atoms with Crippen LogP contribution in [0.25, 0.3) is 11.1 Å². The maximum atomic E-state index is 13.8. The number of unbranched alkanes of at least 4 members (excludes halogenated alkanes) is 1. The van der Waals surface area contributed by atoms with E-state index in [1.807, 2.05) is 72.7 Å². The average Bonchev–Trinajstić information content (AvgIpc) is 3.08. The molecule has 1 N–H and O–H groups in total. The normalized spacial score (nSPS) is 14.0. The Morgan fingerprint density at radius 1 is 0.978 bits per heavy atom. The summed E-state index contributed by atoms with van der Waals surface area (Å²) >= 11 is 1.61. The number of methoxy groups -OCH3 is 1. The molecule has 7 heteroatoms. The molecular weight excluding hydrogens is 580 g/mol. The Hall–Kier alpha value is -3.58. The maximum Gasteiger partial charge on any atom is 0.328 e. The predicted octanol–water partition coefficient (Wildman–Crippen LogP) is 8.18. The first kappa shape index (κ1) is 34.3. The average molecular weight is 629 g/mol. The van der Waals surface area contributed by atoms with Crippen LogP contribution < -0.4 is 5.32 Å². The molecule has 3 aromatic rings. The number of ether oxygens (including phenoxy) is 1. The van der Waals surface area contributed by atoms with Gasteiger partial charge in [-0.1, -0.05) is 75.1 Å². The molecule has 45 heavy (non-hydrogen) atoms. The van der Waals surface area contributed by atoms with Crippen molar-refractivity contribution < 1.29 is 19.1 Å². The van der Waals surface area contributed by atoms with Crippen LogP contribution in [0.2, 0.25) is 0 Å². The lowest BCUT2D eigenvalue weighted by molar-refractivity contribution is -0.142. The fourth-order valence-electron chi connectivity index (χ4n) is 6.19. The van der Waals surface area contributed by atoms with E-state index < -0.39 is 12.0 Å². The molecule has 2 amide bonds. The second-order valence-electron chi connectivity index (χ2n) is 12.1. The predicted molar refractivity (Wildman–Crippen MR) is 185 cm³/mol. The standard InChI is InChI=1S/C38H48N2O4S/c1-5-6-23-40(37(42)31-19-17-30(18-20-31)29-13-8-7-9-14-29)26-28-16-21-33(34(25-28)32-15-11-10-12-27(32)2)36(41)39-35(22-24-45-4)38(43)44-3/h10-12,15-21,25,29,35H,5-9,13-14,22-24,26H2,1-4H3,(H,39,41)/t35-/m0/s1. The zero-order valence-electron chi connectivity index (χ0n) is 27.3. The molecule has 1 aliphatic carbocycles. The number of rotatable bonds is 14. The first-order valence-electron chi connectivity index (χ1n) is 16.3. The molecule has 0 unspecified atom stereocenters. The van der Waals surface area contributed by atoms with E-state index in [0.29, 0.717) is 42.3 Å². The summed E-state index contributed by atoms with van der Waals surface area (Å²) in [5.74, 6) is 0.557. The lowest BCUT2D eigenvalue weighted by atomic mass is 9.84. The number of aryl methyl sites for hydroxylation is 1. The minimum atomic E-state index is -0.731. The molecule has 1 aliphatic rings. The van der Waals surface area contributed by atoms with E-state index in [-0.39, 0.29) is 11.8 Å². The first-order valence-corrected chi connectivity index (χ1v) is 17.7. The number of esters is 1. The lowest BCUT2D eigenvalue weighted by Crippen LogP contribution is -2.42. The topological polar surface area (TPSA) is 75.7 Å². The van der Waals surface area contributed by atoms with E-state index in [9.17, 15) is 14.4 Å². The summed E-state index contributed by atoms with van der Waals surface area (Å²) in [5.41, 5.74) is 6.22. The van der Waals surface area contributed by atoms with Crippen molar-refractivity contribution in [3.63, 3.8) is 0 Å². The first-order chi connectivity index (χ1) is 21.9. The van der Waals surface area contributed by atoms with Gasteiger partial charge >= 0.3 is 5.97 Å². The molecular formula is C38H48N2O4S. The van der Waals surface area contributed by atoms with Gasteiger partial charge in [0.15, 0.2) is 0 Å². The van der Waals surface area contributed by atoms with Crippen molar-refractivity contribution in [2.45, 2.75) is 83.7 Å². The Labute approximate surface area is 273 Å². The van der Waals surface area contributed by atoms with Crippen molar-refractivity contribution in [1.29, 1.82) is 0 Å². The fraction of sp³-hybridized carbons (Fsp3) is 0.447. The third kappa shape index (κ3) is 9.23. The third-order valence-corrected chi connectivity index (χ3v) is 9.49. The van der Waals surface area contributed by atoms with Gasteiger partial charge in [0.1, 0.15) is 6.04 Å². The third-order valence-electron chi connectivity index (χ3n) is 8.84. The van der Waals surface area contributed by atoms with Gasteiger partial charge in [0.25, 0.3) is 11.8 Å². The van der Waals surface area contributed by atoms with Crippen LogP contribution in [0, 0.1) is 6.92 Å². The molecule has 0 radical (unpaired) electrons. The molecule has 0 aromatic heterocycles. The molecule has 1 atom stereocenters. The van der Waals surface area contributed by atoms with Gasteiger partial charge < -0.3 is 15.0 Å². The van der Waals surface area contributed by atoms with Crippen molar-refractivity contribution in [3.05, 3.63) is 94.5 Å². The highest BCUT2D eigenvalue weighted by Crippen LogP contribution is 2.33. The molecule has 3 aromatic carbocycles. The van der Waals surface area contributed by atoms with Crippen LogP contribution in [0.3, 0.4) is 0 Å². The number of thioether (sulfide) groups is 1. The zero-order chi connectivity index (χ0) is 32.2. The van der Waals surface area contributed by atoms with E-state index in [0.717, 1.165) is 35.1 Å². The van der Waals surface area contributed by atoms with Crippen molar-refractivity contribution >= 4 is 29.5 Å². The van der Waals surface area contributed by atoms with Crippen LogP contribution in [0.5, 0.6) is 0 Å². The maximum absolute atomic E-state index is 13.8. The van der Waals surface area contributed by atoms with Crippen LogP contribution in [-0.4, -0.2) is 54.4 Å². The van der Waals surface area contributed by atoms with E-state index in [1.165, 1.54) is 44.8 Å². The summed E-state index contributed by atoms with van der Waals surface area (Å²) in [6.07, 6.45) is 10.7. The number of carbonyl (C=O) groups excluding carboxylic acids is 3. The Morgan fingerprint density at radius 2 is 1.71 bits per heavy atom. The summed E-state index contributed by atoms with van der Waals surface area (Å²) in [5, 5.41) is 2.91. The number of benzene rings is 3. The molecule has 0 saturated heterocycles. The van der Waals surface area contributed by atoms with Crippen LogP contribution in [0.15, 0.2) is 66.7 Å². The quantitative estimate of drug-likeness (QED) is 0.182. The van der Waals surface area contributed by atoms with Crippen LogP contribution in [-0.2, 0) is 16.1 Å². The summed E-state index contributed by atoms with van der Waals surface area (Å²) < 4.78 is 4.97. The smallest absolute Gasteiger partial charge is 0.328 e. The number of hydrogen-bond donors (Lipinski definition) is 1. The monoisotopic (exact) mass is 628 g/mol. The van der Waals surface area contributed by atoms with Gasteiger partial charge in [-0.05, 0) is 103 Å². The summed E-state index contributed by atoms with van der Waals surface area (Å²) in [7, 11) is 1.34. The molecule has 4 rings (SSSR count). The van der Waals surface area contributed by atoms with Crippen LogP contribution in [0.4, 0.5) is 0 Å². The van der Waals surface area contributed by atoms with Crippen molar-refractivity contribution in [3.8, 4) is 11.1 Å². The fourth-order valence-corrected chi connectivity index (χ4v) is 6.66. The Balaban J connectivity index is 1.62. The second kappa shape index (κ2) is 17.2. The molecule has 1 fully saturated rings. The van der Waals surface area contributed by atoms with E-state index in [1.54, 1.807) is 11.8 Å². The molecule has 240 valence electrons. The zero-order valence-corrected chi connectivity index (χ0v) is 28.1. The van der Waals surface area contributed by atoms with Crippen LogP contribution >= 0.6 is 11.8 Å². The Kier molecular flexibility index (Phi) is 13.1. The van der Waals surface area contributed by atoms with Gasteiger partial charge in [0.05, 0.1) is 7.11 Å². The van der Waals surface area contributed by atoms with Crippen LogP contribution in [0.1, 0.15) is 102 Å². The molecule has 0 bridgehead atoms. The summed E-state index contributed by atoms with van der Waals surface area (Å²) in [6, 6.07) is 21.3. The van der Waals surface area contributed by atoms with Gasteiger partial charge in [-0.15, -0.1) is 0 Å². The van der Waals surface area contributed by atoms with Crippen molar-refractivity contribution in [2.75, 3.05) is 25.7 Å².